The van der Waals surface area contributed by atoms with E-state index in [4.69, 9.17) is 9.16 Å². The van der Waals surface area contributed by atoms with Crippen LogP contribution in [0, 0.1) is 5.41 Å². The van der Waals surface area contributed by atoms with Gasteiger partial charge in [-0.25, -0.2) is 0 Å². The van der Waals surface area contributed by atoms with Crippen LogP contribution in [0.3, 0.4) is 0 Å². The Morgan fingerprint density at radius 1 is 1.19 bits per heavy atom. The highest BCUT2D eigenvalue weighted by Crippen LogP contribution is 2.33. The van der Waals surface area contributed by atoms with Crippen LogP contribution in [0.4, 0.5) is 4.79 Å². The lowest BCUT2D eigenvalue weighted by Gasteiger charge is -2.42. The van der Waals surface area contributed by atoms with Gasteiger partial charge in [-0.3, -0.25) is 9.69 Å². The van der Waals surface area contributed by atoms with Crippen LogP contribution in [-0.4, -0.2) is 67.1 Å². The number of likely N-dealkylation sites (N-methyl/N-ethyl adjacent to an activating group) is 1. The Hall–Kier alpha value is -0.473. The standard InChI is InChI=1S/C19H40N2O4Si/c1-15(20(8)23)16(21-12-10-11-13-21)25-26(9,14-18(2,3)4)17(22)24-19(5,6)7/h15-16,23H,10-14H2,1-9H3. The third-order valence-corrected chi connectivity index (χ3v) is 8.04. The summed E-state index contributed by atoms with van der Waals surface area (Å²) in [7, 11) is -1.25. The number of likely N-dealkylation sites (tertiary alicyclic amines) is 1. The molecule has 1 heterocycles. The highest BCUT2D eigenvalue weighted by Gasteiger charge is 2.49. The van der Waals surface area contributed by atoms with Gasteiger partial charge in [-0.2, -0.15) is 5.06 Å². The summed E-state index contributed by atoms with van der Waals surface area (Å²) in [6.45, 7) is 17.8. The van der Waals surface area contributed by atoms with Crippen molar-refractivity contribution in [1.29, 1.82) is 0 Å². The molecule has 1 saturated heterocycles. The van der Waals surface area contributed by atoms with Crippen molar-refractivity contribution in [2.45, 2.75) is 91.8 Å². The third kappa shape index (κ3) is 7.27. The fourth-order valence-electron chi connectivity index (χ4n) is 3.49. The maximum atomic E-state index is 13.1. The Kier molecular flexibility index (Phi) is 7.88. The Balaban J connectivity index is 3.15. The van der Waals surface area contributed by atoms with Gasteiger partial charge in [0.1, 0.15) is 11.8 Å². The highest BCUT2D eigenvalue weighted by molar-refractivity contribution is 6.99. The SMILES string of the molecule is CC(C(O[Si](C)(CC(C)(C)C)C(=O)OC(C)(C)C)N1CCCC1)N(C)O. The van der Waals surface area contributed by atoms with E-state index in [0.29, 0.717) is 6.04 Å². The number of ether oxygens (including phenoxy) is 1. The number of rotatable bonds is 7. The van der Waals surface area contributed by atoms with E-state index in [-0.39, 0.29) is 23.3 Å². The van der Waals surface area contributed by atoms with Crippen LogP contribution >= 0.6 is 0 Å². The van der Waals surface area contributed by atoms with Crippen LogP contribution in [-0.2, 0) is 9.16 Å². The van der Waals surface area contributed by atoms with Gasteiger partial charge < -0.3 is 14.4 Å². The van der Waals surface area contributed by atoms with E-state index in [0.717, 1.165) is 25.9 Å². The lowest BCUT2D eigenvalue weighted by molar-refractivity contribution is -0.152. The van der Waals surface area contributed by atoms with Crippen molar-refractivity contribution < 1.29 is 19.2 Å². The molecule has 6 nitrogen and oxygen atoms in total. The normalized spacial score (nSPS) is 21.5. The molecule has 0 bridgehead atoms. The van der Waals surface area contributed by atoms with Gasteiger partial charge in [0.2, 0.25) is 0 Å². The Bertz CT molecular complexity index is 465. The molecule has 1 fully saturated rings. The van der Waals surface area contributed by atoms with E-state index in [2.05, 4.69) is 25.7 Å². The second-order valence-corrected chi connectivity index (χ2v) is 13.5. The van der Waals surface area contributed by atoms with Gasteiger partial charge in [0.25, 0.3) is 0 Å². The van der Waals surface area contributed by atoms with Gasteiger partial charge >= 0.3 is 13.9 Å². The number of hydroxylamine groups is 2. The van der Waals surface area contributed by atoms with Crippen molar-refractivity contribution in [3.63, 3.8) is 0 Å². The molecule has 0 aliphatic carbocycles. The van der Waals surface area contributed by atoms with Gasteiger partial charge in [0.05, 0.1) is 6.04 Å². The Morgan fingerprint density at radius 3 is 2.08 bits per heavy atom. The number of hydrogen-bond donors (Lipinski definition) is 1. The van der Waals surface area contributed by atoms with Crippen molar-refractivity contribution in [1.82, 2.24) is 9.96 Å². The number of carbonyl (C=O) groups excluding carboxylic acids is 1. The van der Waals surface area contributed by atoms with E-state index < -0.39 is 13.9 Å². The van der Waals surface area contributed by atoms with Crippen molar-refractivity contribution in [2.24, 2.45) is 5.41 Å². The van der Waals surface area contributed by atoms with E-state index >= 15 is 0 Å². The molecular weight excluding hydrogens is 348 g/mol. The summed E-state index contributed by atoms with van der Waals surface area (Å²) in [5, 5.41) is 11.2. The van der Waals surface area contributed by atoms with Gasteiger partial charge in [-0.15, -0.1) is 0 Å². The molecule has 1 rings (SSSR count). The Morgan fingerprint density at radius 2 is 1.69 bits per heavy atom. The molecule has 0 amide bonds. The molecule has 0 saturated carbocycles. The second-order valence-electron chi connectivity index (χ2n) is 10.0. The van der Waals surface area contributed by atoms with E-state index in [1.54, 1.807) is 7.05 Å². The van der Waals surface area contributed by atoms with Crippen LogP contribution in [0.25, 0.3) is 0 Å². The molecule has 0 aromatic heterocycles. The van der Waals surface area contributed by atoms with Crippen LogP contribution in [0.2, 0.25) is 12.6 Å². The van der Waals surface area contributed by atoms with Crippen molar-refractivity contribution in [3.05, 3.63) is 0 Å². The minimum absolute atomic E-state index is 0.0538. The van der Waals surface area contributed by atoms with E-state index in [1.165, 1.54) is 5.06 Å². The number of carbonyl (C=O) groups is 1. The lowest BCUT2D eigenvalue weighted by atomic mass is 10.0. The van der Waals surface area contributed by atoms with Gasteiger partial charge in [0.15, 0.2) is 0 Å². The zero-order valence-electron chi connectivity index (χ0n) is 18.3. The summed E-state index contributed by atoms with van der Waals surface area (Å²) in [6, 6.07) is 0.434. The van der Waals surface area contributed by atoms with Gasteiger partial charge in [0, 0.05) is 20.1 Å². The molecule has 3 atom stereocenters. The van der Waals surface area contributed by atoms with Crippen LogP contribution in [0.5, 0.6) is 0 Å². The fraction of sp³-hybridized carbons (Fsp3) is 0.947. The second kappa shape index (κ2) is 8.69. The van der Waals surface area contributed by atoms with E-state index in [1.807, 2.05) is 34.2 Å². The summed E-state index contributed by atoms with van der Waals surface area (Å²) in [5.41, 5.74) is -0.811. The molecule has 0 aromatic carbocycles. The molecule has 7 heteroatoms. The minimum atomic E-state index is -2.88. The maximum absolute atomic E-state index is 13.1. The minimum Gasteiger partial charge on any atom is -0.462 e. The molecule has 1 aliphatic rings. The molecule has 0 spiro atoms. The number of nitrogens with zero attached hydrogens (tertiary/aromatic N) is 2. The molecule has 0 radical (unpaired) electrons. The smallest absolute Gasteiger partial charge is 0.316 e. The molecule has 0 aromatic rings. The zero-order valence-corrected chi connectivity index (χ0v) is 19.3. The molecule has 154 valence electrons. The van der Waals surface area contributed by atoms with Crippen molar-refractivity contribution >= 4 is 13.9 Å². The average Bonchev–Trinajstić information content (AvgIpc) is 2.94. The highest BCUT2D eigenvalue weighted by atomic mass is 28.4. The Labute approximate surface area is 160 Å². The topological polar surface area (TPSA) is 62.2 Å². The summed E-state index contributed by atoms with van der Waals surface area (Å²) >= 11 is 0. The maximum Gasteiger partial charge on any atom is 0.316 e. The monoisotopic (exact) mass is 388 g/mol. The van der Waals surface area contributed by atoms with E-state index in [9.17, 15) is 10.0 Å². The molecule has 26 heavy (non-hydrogen) atoms. The summed E-state index contributed by atoms with van der Waals surface area (Å²) < 4.78 is 12.4. The lowest BCUT2D eigenvalue weighted by Crippen LogP contribution is -2.58. The first-order valence-corrected chi connectivity index (χ1v) is 12.3. The average molecular weight is 389 g/mol. The van der Waals surface area contributed by atoms with Crippen LogP contribution in [0.15, 0.2) is 0 Å². The molecule has 1 N–H and O–H groups in total. The fourth-order valence-corrected chi connectivity index (χ4v) is 7.23. The van der Waals surface area contributed by atoms with Crippen molar-refractivity contribution in [2.75, 3.05) is 20.1 Å². The predicted octanol–water partition coefficient (Wildman–Crippen LogP) is 4.27. The largest absolute Gasteiger partial charge is 0.462 e. The van der Waals surface area contributed by atoms with Gasteiger partial charge in [-0.05, 0) is 58.5 Å². The molecule has 1 aliphatic heterocycles. The molecule has 3 unspecified atom stereocenters. The zero-order chi connectivity index (χ0) is 20.3. The third-order valence-electron chi connectivity index (χ3n) is 4.58. The summed E-state index contributed by atoms with van der Waals surface area (Å²) in [6.07, 6.45) is 1.91. The van der Waals surface area contributed by atoms with Crippen LogP contribution in [0.1, 0.15) is 61.3 Å². The predicted molar refractivity (Wildman–Crippen MR) is 107 cm³/mol. The first kappa shape index (κ1) is 23.6. The van der Waals surface area contributed by atoms with Crippen LogP contribution < -0.4 is 0 Å². The summed E-state index contributed by atoms with van der Waals surface area (Å²) in [5.74, 6) is 0. The number of hydrogen-bond acceptors (Lipinski definition) is 6. The quantitative estimate of drug-likeness (QED) is 0.519. The first-order valence-electron chi connectivity index (χ1n) is 9.72. The van der Waals surface area contributed by atoms with Crippen molar-refractivity contribution in [3.8, 4) is 0 Å². The summed E-state index contributed by atoms with van der Waals surface area (Å²) in [4.78, 5) is 15.4. The van der Waals surface area contributed by atoms with Gasteiger partial charge in [-0.1, -0.05) is 20.8 Å². The molecular formula is C19H40N2O4Si. The first-order chi connectivity index (χ1) is 11.6.